The Morgan fingerprint density at radius 1 is 1.11 bits per heavy atom. The molecule has 0 aromatic carbocycles. The number of allylic oxidation sites excluding steroid dienone is 4. The molecule has 5 atom stereocenters. The van der Waals surface area contributed by atoms with E-state index in [4.69, 9.17) is 9.84 Å². The number of hydrogen-bond donors (Lipinski definition) is 2. The Morgan fingerprint density at radius 2 is 1.74 bits per heavy atom. The Bertz CT molecular complexity index is 509. The van der Waals surface area contributed by atoms with Crippen LogP contribution in [0.2, 0.25) is 0 Å². The molecule has 0 saturated carbocycles. The number of carbonyl (C=O) groups excluding carboxylic acids is 1. The molecule has 0 rings (SSSR count). The van der Waals surface area contributed by atoms with Gasteiger partial charge >= 0.3 is 11.9 Å². The third-order valence-corrected chi connectivity index (χ3v) is 4.82. The molecule has 156 valence electrons. The van der Waals surface area contributed by atoms with Crippen molar-refractivity contribution in [2.45, 2.75) is 85.9 Å². The van der Waals surface area contributed by atoms with Crippen LogP contribution >= 0.6 is 0 Å². The second-order valence-corrected chi connectivity index (χ2v) is 7.79. The van der Waals surface area contributed by atoms with E-state index in [1.165, 1.54) is 6.92 Å². The number of esters is 1. The van der Waals surface area contributed by atoms with Gasteiger partial charge in [-0.2, -0.15) is 0 Å². The highest BCUT2D eigenvalue weighted by Crippen LogP contribution is 2.26. The maximum atomic E-state index is 11.4. The van der Waals surface area contributed by atoms with Crippen LogP contribution in [0.15, 0.2) is 23.8 Å². The van der Waals surface area contributed by atoms with E-state index in [2.05, 4.69) is 33.8 Å². The molecule has 0 aliphatic carbocycles. The smallest absolute Gasteiger partial charge is 0.305 e. The lowest BCUT2D eigenvalue weighted by Crippen LogP contribution is -2.31. The molecule has 0 aromatic heterocycles. The van der Waals surface area contributed by atoms with Gasteiger partial charge in [-0.1, -0.05) is 57.9 Å². The fourth-order valence-corrected chi connectivity index (χ4v) is 3.37. The summed E-state index contributed by atoms with van der Waals surface area (Å²) in [4.78, 5) is 21.9. The molecule has 0 radical (unpaired) electrons. The Balaban J connectivity index is 4.57. The van der Waals surface area contributed by atoms with E-state index < -0.39 is 12.1 Å². The minimum Gasteiger partial charge on any atom is -0.481 e. The molecule has 0 heterocycles. The van der Waals surface area contributed by atoms with Gasteiger partial charge in [0, 0.05) is 6.92 Å². The maximum Gasteiger partial charge on any atom is 0.305 e. The van der Waals surface area contributed by atoms with Gasteiger partial charge in [-0.15, -0.1) is 0 Å². The van der Waals surface area contributed by atoms with Crippen LogP contribution in [0.1, 0.15) is 73.6 Å². The molecule has 5 nitrogen and oxygen atoms in total. The maximum absolute atomic E-state index is 11.4. The lowest BCUT2D eigenvalue weighted by atomic mass is 9.85. The first-order chi connectivity index (χ1) is 12.6. The summed E-state index contributed by atoms with van der Waals surface area (Å²) in [6.07, 6.45) is 8.10. The summed E-state index contributed by atoms with van der Waals surface area (Å²) < 4.78 is 5.56. The number of ether oxygens (including phenoxy) is 1. The van der Waals surface area contributed by atoms with E-state index in [1.807, 2.05) is 19.1 Å². The monoisotopic (exact) mass is 382 g/mol. The van der Waals surface area contributed by atoms with Crippen LogP contribution in [0.25, 0.3) is 0 Å². The lowest BCUT2D eigenvalue weighted by Gasteiger charge is -2.29. The van der Waals surface area contributed by atoms with Gasteiger partial charge in [-0.25, -0.2) is 0 Å². The summed E-state index contributed by atoms with van der Waals surface area (Å²) in [6, 6.07) is 0. The molecule has 0 aliphatic rings. The van der Waals surface area contributed by atoms with Gasteiger partial charge in [0.05, 0.1) is 12.5 Å². The minimum absolute atomic E-state index is 0.0603. The second-order valence-electron chi connectivity index (χ2n) is 7.79. The zero-order valence-corrected chi connectivity index (χ0v) is 17.8. The molecule has 0 saturated heterocycles. The van der Waals surface area contributed by atoms with Gasteiger partial charge in [0.1, 0.15) is 6.10 Å². The normalized spacial score (nSPS) is 18.0. The van der Waals surface area contributed by atoms with E-state index in [0.717, 1.165) is 18.4 Å². The molecule has 2 N–H and O–H groups in total. The molecule has 0 bridgehead atoms. The second kappa shape index (κ2) is 13.5. The van der Waals surface area contributed by atoms with Crippen molar-refractivity contribution in [2.75, 3.05) is 0 Å². The number of carboxylic acid groups (broad SMARTS) is 1. The molecular formula is C22H38O5. The summed E-state index contributed by atoms with van der Waals surface area (Å²) >= 11 is 0. The van der Waals surface area contributed by atoms with Gasteiger partial charge < -0.3 is 14.9 Å². The molecule has 27 heavy (non-hydrogen) atoms. The fraction of sp³-hybridized carbons (Fsp3) is 0.727. The Labute approximate surface area is 164 Å². The highest BCUT2D eigenvalue weighted by Gasteiger charge is 2.26. The van der Waals surface area contributed by atoms with Crippen LogP contribution in [-0.4, -0.2) is 34.4 Å². The molecule has 5 heteroatoms. The molecule has 0 amide bonds. The van der Waals surface area contributed by atoms with Crippen molar-refractivity contribution in [2.24, 2.45) is 17.8 Å². The van der Waals surface area contributed by atoms with E-state index in [-0.39, 0.29) is 24.4 Å². The third kappa shape index (κ3) is 12.4. The van der Waals surface area contributed by atoms with Gasteiger partial charge in [0.15, 0.2) is 0 Å². The SMILES string of the molecule is CCC(C)C(OC(C)=O)C(C)CC(C)C=C(C)C=CCCC(O)CC(=O)O. The first-order valence-corrected chi connectivity index (χ1v) is 9.98. The predicted octanol–water partition coefficient (Wildman–Crippen LogP) is 4.74. The van der Waals surface area contributed by atoms with Gasteiger partial charge in [-0.3, -0.25) is 9.59 Å². The zero-order chi connectivity index (χ0) is 21.0. The first kappa shape index (κ1) is 25.4. The van der Waals surface area contributed by atoms with Crippen LogP contribution < -0.4 is 0 Å². The van der Waals surface area contributed by atoms with Crippen LogP contribution in [0, 0.1) is 17.8 Å². The van der Waals surface area contributed by atoms with E-state index >= 15 is 0 Å². The predicted molar refractivity (Wildman–Crippen MR) is 108 cm³/mol. The Kier molecular flexibility index (Phi) is 12.7. The standard InChI is InChI=1S/C22H38O5/c1-7-17(4)22(27-19(6)23)18(5)13-16(3)12-15(2)10-8-9-11-20(24)14-21(25)26/h8,10,12,16-18,20,22,24H,7,9,11,13-14H2,1-6H3,(H,25,26). The summed E-state index contributed by atoms with van der Waals surface area (Å²) in [5.41, 5.74) is 1.13. The summed E-state index contributed by atoms with van der Waals surface area (Å²) in [5, 5.41) is 18.2. The minimum atomic E-state index is -0.977. The summed E-state index contributed by atoms with van der Waals surface area (Å²) in [6.45, 7) is 12.0. The summed E-state index contributed by atoms with van der Waals surface area (Å²) in [7, 11) is 0. The largest absolute Gasteiger partial charge is 0.481 e. The first-order valence-electron chi connectivity index (χ1n) is 9.98. The highest BCUT2D eigenvalue weighted by molar-refractivity contribution is 5.67. The van der Waals surface area contributed by atoms with E-state index in [0.29, 0.717) is 24.7 Å². The number of rotatable bonds is 13. The number of aliphatic carboxylic acids is 1. The molecule has 0 aromatic rings. The average Bonchev–Trinajstić information content (AvgIpc) is 2.54. The fourth-order valence-electron chi connectivity index (χ4n) is 3.37. The van der Waals surface area contributed by atoms with Crippen LogP contribution in [0.3, 0.4) is 0 Å². The Morgan fingerprint density at radius 3 is 2.26 bits per heavy atom. The van der Waals surface area contributed by atoms with Crippen molar-refractivity contribution in [3.05, 3.63) is 23.8 Å². The highest BCUT2D eigenvalue weighted by atomic mass is 16.5. The van der Waals surface area contributed by atoms with Crippen molar-refractivity contribution in [1.82, 2.24) is 0 Å². The molecule has 0 aliphatic heterocycles. The molecule has 0 spiro atoms. The number of carbonyl (C=O) groups is 2. The van der Waals surface area contributed by atoms with Gasteiger partial charge in [0.2, 0.25) is 0 Å². The van der Waals surface area contributed by atoms with Crippen molar-refractivity contribution in [3.8, 4) is 0 Å². The average molecular weight is 383 g/mol. The zero-order valence-electron chi connectivity index (χ0n) is 17.8. The summed E-state index contributed by atoms with van der Waals surface area (Å²) in [5.74, 6) is -0.241. The van der Waals surface area contributed by atoms with Crippen LogP contribution in [0.5, 0.6) is 0 Å². The number of aliphatic hydroxyl groups excluding tert-OH is 1. The van der Waals surface area contributed by atoms with Crippen molar-refractivity contribution < 1.29 is 24.5 Å². The van der Waals surface area contributed by atoms with E-state index in [1.54, 1.807) is 0 Å². The number of hydrogen-bond acceptors (Lipinski definition) is 4. The third-order valence-electron chi connectivity index (χ3n) is 4.82. The lowest BCUT2D eigenvalue weighted by molar-refractivity contribution is -0.152. The molecule has 5 unspecified atom stereocenters. The van der Waals surface area contributed by atoms with Crippen LogP contribution in [-0.2, 0) is 14.3 Å². The number of carboxylic acids is 1. The van der Waals surface area contributed by atoms with Crippen molar-refractivity contribution in [3.63, 3.8) is 0 Å². The molecule has 0 fully saturated rings. The Hall–Kier alpha value is -1.62. The quantitative estimate of drug-likeness (QED) is 0.355. The van der Waals surface area contributed by atoms with Gasteiger partial charge in [-0.05, 0) is 43.9 Å². The van der Waals surface area contributed by atoms with Crippen LogP contribution in [0.4, 0.5) is 0 Å². The number of aliphatic hydroxyl groups is 1. The topological polar surface area (TPSA) is 83.8 Å². The molecular weight excluding hydrogens is 344 g/mol. The van der Waals surface area contributed by atoms with Crippen molar-refractivity contribution >= 4 is 11.9 Å². The van der Waals surface area contributed by atoms with Crippen molar-refractivity contribution in [1.29, 1.82) is 0 Å². The van der Waals surface area contributed by atoms with E-state index in [9.17, 15) is 14.7 Å². The van der Waals surface area contributed by atoms with Gasteiger partial charge in [0.25, 0.3) is 0 Å².